The molecule has 0 spiro atoms. The van der Waals surface area contributed by atoms with E-state index in [-0.39, 0.29) is 12.5 Å². The van der Waals surface area contributed by atoms with Crippen LogP contribution in [-0.4, -0.2) is 23.5 Å². The Hall–Kier alpha value is -1.06. The Morgan fingerprint density at radius 1 is 1.73 bits per heavy atom. The number of nitrogens with one attached hydrogen (secondary N) is 1. The van der Waals surface area contributed by atoms with E-state index < -0.39 is 5.97 Å². The van der Waals surface area contributed by atoms with Crippen LogP contribution in [0.2, 0.25) is 0 Å². The fourth-order valence-electron chi connectivity index (χ4n) is 1.14. The monoisotopic (exact) mass is 157 g/mol. The number of hydrogen-bond acceptors (Lipinski definition) is 2. The Labute approximate surface area is 64.6 Å². The third-order valence-corrected chi connectivity index (χ3v) is 1.87. The second-order valence-electron chi connectivity index (χ2n) is 2.83. The maximum absolute atomic E-state index is 10.3. The predicted molar refractivity (Wildman–Crippen MR) is 38.0 cm³/mol. The van der Waals surface area contributed by atoms with E-state index in [4.69, 9.17) is 5.11 Å². The SMILES string of the molecule is O=CN[C@H](CC(=O)O)C1CC1. The van der Waals surface area contributed by atoms with Crippen molar-refractivity contribution in [3.63, 3.8) is 0 Å². The van der Waals surface area contributed by atoms with Gasteiger partial charge in [-0.15, -0.1) is 0 Å². The zero-order chi connectivity index (χ0) is 8.27. The lowest BCUT2D eigenvalue weighted by atomic mass is 10.1. The molecule has 1 amide bonds. The molecule has 1 saturated carbocycles. The van der Waals surface area contributed by atoms with Gasteiger partial charge in [0.15, 0.2) is 0 Å². The van der Waals surface area contributed by atoms with E-state index in [2.05, 4.69) is 5.32 Å². The lowest BCUT2D eigenvalue weighted by Gasteiger charge is -2.11. The van der Waals surface area contributed by atoms with Crippen LogP contribution >= 0.6 is 0 Å². The van der Waals surface area contributed by atoms with Gasteiger partial charge in [-0.25, -0.2) is 0 Å². The largest absolute Gasteiger partial charge is 0.481 e. The summed E-state index contributed by atoms with van der Waals surface area (Å²) in [6.07, 6.45) is 2.70. The van der Waals surface area contributed by atoms with Gasteiger partial charge in [0.1, 0.15) is 0 Å². The van der Waals surface area contributed by atoms with Gasteiger partial charge < -0.3 is 10.4 Å². The molecule has 0 aliphatic heterocycles. The number of carbonyl (C=O) groups is 2. The molecule has 0 radical (unpaired) electrons. The summed E-state index contributed by atoms with van der Waals surface area (Å²) < 4.78 is 0. The van der Waals surface area contributed by atoms with E-state index in [9.17, 15) is 9.59 Å². The van der Waals surface area contributed by atoms with Gasteiger partial charge in [0.25, 0.3) is 0 Å². The van der Waals surface area contributed by atoms with Gasteiger partial charge in [-0.05, 0) is 18.8 Å². The zero-order valence-electron chi connectivity index (χ0n) is 6.12. The second-order valence-corrected chi connectivity index (χ2v) is 2.83. The summed E-state index contributed by atoms with van der Waals surface area (Å²) >= 11 is 0. The van der Waals surface area contributed by atoms with Crippen LogP contribution in [0.1, 0.15) is 19.3 Å². The molecule has 1 fully saturated rings. The average molecular weight is 157 g/mol. The summed E-state index contributed by atoms with van der Waals surface area (Å²) in [5.74, 6) is -0.451. The van der Waals surface area contributed by atoms with Crippen LogP contribution in [-0.2, 0) is 9.59 Å². The van der Waals surface area contributed by atoms with Crippen molar-refractivity contribution in [2.75, 3.05) is 0 Å². The van der Waals surface area contributed by atoms with Gasteiger partial charge in [-0.2, -0.15) is 0 Å². The smallest absolute Gasteiger partial charge is 0.305 e. The molecule has 62 valence electrons. The number of rotatable bonds is 5. The van der Waals surface area contributed by atoms with Crippen LogP contribution in [0.4, 0.5) is 0 Å². The minimum absolute atomic E-state index is 0.0450. The van der Waals surface area contributed by atoms with Gasteiger partial charge in [-0.1, -0.05) is 0 Å². The number of amides is 1. The molecule has 1 atom stereocenters. The summed E-state index contributed by atoms with van der Waals surface area (Å²) in [6.45, 7) is 0. The zero-order valence-corrected chi connectivity index (χ0v) is 6.12. The van der Waals surface area contributed by atoms with Gasteiger partial charge in [0.05, 0.1) is 6.42 Å². The highest BCUT2D eigenvalue weighted by Crippen LogP contribution is 2.33. The molecular formula is C7H11NO3. The highest BCUT2D eigenvalue weighted by molar-refractivity contribution is 5.68. The lowest BCUT2D eigenvalue weighted by Crippen LogP contribution is -2.32. The van der Waals surface area contributed by atoms with Crippen LogP contribution in [0.3, 0.4) is 0 Å². The Morgan fingerprint density at radius 3 is 2.73 bits per heavy atom. The van der Waals surface area contributed by atoms with Crippen molar-refractivity contribution in [3.8, 4) is 0 Å². The van der Waals surface area contributed by atoms with Gasteiger partial charge in [0, 0.05) is 6.04 Å². The molecule has 1 rings (SSSR count). The van der Waals surface area contributed by atoms with Crippen LogP contribution in [0.25, 0.3) is 0 Å². The minimum atomic E-state index is -0.851. The molecule has 0 bridgehead atoms. The van der Waals surface area contributed by atoms with Crippen molar-refractivity contribution in [2.45, 2.75) is 25.3 Å². The van der Waals surface area contributed by atoms with Crippen molar-refractivity contribution in [3.05, 3.63) is 0 Å². The number of hydrogen-bond donors (Lipinski definition) is 2. The average Bonchev–Trinajstić information content (AvgIpc) is 2.66. The highest BCUT2D eigenvalue weighted by atomic mass is 16.4. The van der Waals surface area contributed by atoms with Crippen LogP contribution in [0.15, 0.2) is 0 Å². The van der Waals surface area contributed by atoms with E-state index in [1.165, 1.54) is 0 Å². The van der Waals surface area contributed by atoms with Gasteiger partial charge in [-0.3, -0.25) is 9.59 Å². The molecule has 2 N–H and O–H groups in total. The Morgan fingerprint density at radius 2 is 2.36 bits per heavy atom. The van der Waals surface area contributed by atoms with Gasteiger partial charge >= 0.3 is 5.97 Å². The standard InChI is InChI=1S/C7H11NO3/c9-4-8-6(3-7(10)11)5-1-2-5/h4-6H,1-3H2,(H,8,9)(H,10,11)/t6-/m1/s1. The van der Waals surface area contributed by atoms with E-state index in [0.717, 1.165) is 12.8 Å². The predicted octanol–water partition coefficient (Wildman–Crippen LogP) is -0.0143. The van der Waals surface area contributed by atoms with Crippen LogP contribution in [0.5, 0.6) is 0 Å². The molecule has 1 aliphatic carbocycles. The molecule has 11 heavy (non-hydrogen) atoms. The quantitative estimate of drug-likeness (QED) is 0.551. The normalized spacial score (nSPS) is 18.9. The van der Waals surface area contributed by atoms with Crippen molar-refractivity contribution in [2.24, 2.45) is 5.92 Å². The molecule has 1 aliphatic rings. The first-order valence-electron chi connectivity index (χ1n) is 3.65. The topological polar surface area (TPSA) is 66.4 Å². The summed E-state index contributed by atoms with van der Waals surface area (Å²) in [6, 6.07) is -0.148. The number of carbonyl (C=O) groups excluding carboxylic acids is 1. The van der Waals surface area contributed by atoms with E-state index >= 15 is 0 Å². The molecular weight excluding hydrogens is 146 g/mol. The van der Waals surface area contributed by atoms with Gasteiger partial charge in [0.2, 0.25) is 6.41 Å². The fourth-order valence-corrected chi connectivity index (χ4v) is 1.14. The second kappa shape index (κ2) is 3.37. The molecule has 0 aromatic carbocycles. The van der Waals surface area contributed by atoms with E-state index in [0.29, 0.717) is 12.3 Å². The molecule has 4 nitrogen and oxygen atoms in total. The first-order valence-corrected chi connectivity index (χ1v) is 3.65. The summed E-state index contributed by atoms with van der Waals surface area (Å²) in [5, 5.41) is 10.9. The van der Waals surface area contributed by atoms with Crippen molar-refractivity contribution in [1.82, 2.24) is 5.32 Å². The first kappa shape index (κ1) is 8.04. The fraction of sp³-hybridized carbons (Fsp3) is 0.714. The molecule has 0 unspecified atom stereocenters. The van der Waals surface area contributed by atoms with Crippen LogP contribution in [0, 0.1) is 5.92 Å². The first-order chi connectivity index (χ1) is 5.24. The van der Waals surface area contributed by atoms with Crippen molar-refractivity contribution >= 4 is 12.4 Å². The van der Waals surface area contributed by atoms with Crippen molar-refractivity contribution in [1.29, 1.82) is 0 Å². The molecule has 0 aromatic rings. The summed E-state index contributed by atoms with van der Waals surface area (Å²) in [4.78, 5) is 20.3. The Bertz CT molecular complexity index is 165. The molecule has 0 saturated heterocycles. The van der Waals surface area contributed by atoms with Crippen molar-refractivity contribution < 1.29 is 14.7 Å². The third-order valence-electron chi connectivity index (χ3n) is 1.87. The molecule has 4 heteroatoms. The van der Waals surface area contributed by atoms with E-state index in [1.807, 2.05) is 0 Å². The third kappa shape index (κ3) is 2.57. The Balaban J connectivity index is 2.31. The number of aliphatic carboxylic acids is 1. The van der Waals surface area contributed by atoms with Crippen LogP contribution < -0.4 is 5.32 Å². The van der Waals surface area contributed by atoms with E-state index in [1.54, 1.807) is 0 Å². The Kier molecular flexibility index (Phi) is 2.46. The lowest BCUT2D eigenvalue weighted by molar-refractivity contribution is -0.137. The summed E-state index contributed by atoms with van der Waals surface area (Å²) in [7, 11) is 0. The summed E-state index contributed by atoms with van der Waals surface area (Å²) in [5.41, 5.74) is 0. The maximum atomic E-state index is 10.3. The highest BCUT2D eigenvalue weighted by Gasteiger charge is 2.32. The molecule has 0 aromatic heterocycles. The molecule has 0 heterocycles. The number of carboxylic acids is 1. The number of carboxylic acid groups (broad SMARTS) is 1. The maximum Gasteiger partial charge on any atom is 0.305 e. The minimum Gasteiger partial charge on any atom is -0.481 e.